The first-order valence-electron chi connectivity index (χ1n) is 7.73. The van der Waals surface area contributed by atoms with Crippen molar-refractivity contribution >= 4 is 22.7 Å². The molecule has 2 aromatic heterocycles. The predicted molar refractivity (Wildman–Crippen MR) is 103 cm³/mol. The van der Waals surface area contributed by atoms with Crippen LogP contribution in [0, 0.1) is 0 Å². The van der Waals surface area contributed by atoms with Gasteiger partial charge in [0.25, 0.3) is 0 Å². The second-order valence-corrected chi connectivity index (χ2v) is 7.24. The second kappa shape index (κ2) is 7.19. The normalized spacial score (nSPS) is 10.7. The van der Waals surface area contributed by atoms with Gasteiger partial charge in [-0.3, -0.25) is 0 Å². The molecule has 0 aliphatic heterocycles. The average Bonchev–Trinajstić information content (AvgIpc) is 3.37. The van der Waals surface area contributed by atoms with E-state index in [-0.39, 0.29) is 0 Å². The number of benzene rings is 2. The van der Waals surface area contributed by atoms with E-state index in [1.165, 1.54) is 22.7 Å². The molecule has 0 fully saturated rings. The summed E-state index contributed by atoms with van der Waals surface area (Å²) in [7, 11) is 3.29. The van der Waals surface area contributed by atoms with Crippen molar-refractivity contribution in [1.82, 2.24) is 20.4 Å². The lowest BCUT2D eigenvalue weighted by molar-refractivity contribution is 0.415. The van der Waals surface area contributed by atoms with Gasteiger partial charge in [-0.1, -0.05) is 46.9 Å². The fourth-order valence-electron chi connectivity index (χ4n) is 2.36. The van der Waals surface area contributed by atoms with Gasteiger partial charge in [-0.25, -0.2) is 0 Å². The van der Waals surface area contributed by atoms with Gasteiger partial charge in [-0.15, -0.1) is 20.4 Å². The Bertz CT molecular complexity index is 961. The molecule has 0 aliphatic carbocycles. The van der Waals surface area contributed by atoms with E-state index in [4.69, 9.17) is 9.47 Å². The smallest absolute Gasteiger partial charge is 0.178 e. The van der Waals surface area contributed by atoms with Gasteiger partial charge in [0.2, 0.25) is 0 Å². The first-order valence-corrected chi connectivity index (χ1v) is 9.36. The quantitative estimate of drug-likeness (QED) is 0.509. The number of hydrogen-bond donors (Lipinski definition) is 0. The third kappa shape index (κ3) is 3.29. The summed E-state index contributed by atoms with van der Waals surface area (Å²) in [5.74, 6) is 1.57. The molecule has 2 aromatic carbocycles. The topological polar surface area (TPSA) is 70.0 Å². The molecule has 0 bridgehead atoms. The maximum absolute atomic E-state index is 5.26. The van der Waals surface area contributed by atoms with E-state index in [2.05, 4.69) is 20.4 Å². The van der Waals surface area contributed by atoms with E-state index in [0.29, 0.717) is 0 Å². The molecule has 0 spiro atoms. The standard InChI is InChI=1S/C18H14N4O2S2/c1-23-13-7-3-5-11(9-13)15-19-21-17(25-15)18-22-20-16(26-18)12-6-4-8-14(10-12)24-2/h3-10H,1-2H3. The molecule has 4 rings (SSSR count). The summed E-state index contributed by atoms with van der Waals surface area (Å²) >= 11 is 2.96. The Morgan fingerprint density at radius 1 is 0.615 bits per heavy atom. The second-order valence-electron chi connectivity index (χ2n) is 5.29. The molecule has 4 aromatic rings. The zero-order valence-corrected chi connectivity index (χ0v) is 15.7. The Morgan fingerprint density at radius 3 is 1.46 bits per heavy atom. The SMILES string of the molecule is COc1cccc(-c2nnc(-c3nnc(-c4cccc(OC)c4)s3)s2)c1. The van der Waals surface area contributed by atoms with Crippen LogP contribution in [0.3, 0.4) is 0 Å². The Hall–Kier alpha value is -2.84. The van der Waals surface area contributed by atoms with E-state index in [1.807, 2.05) is 48.5 Å². The summed E-state index contributed by atoms with van der Waals surface area (Å²) in [6, 6.07) is 15.5. The zero-order chi connectivity index (χ0) is 17.9. The lowest BCUT2D eigenvalue weighted by Crippen LogP contribution is -1.83. The van der Waals surface area contributed by atoms with Gasteiger partial charge in [-0.05, 0) is 24.3 Å². The van der Waals surface area contributed by atoms with Crippen molar-refractivity contribution in [2.24, 2.45) is 0 Å². The molecule has 0 radical (unpaired) electrons. The number of nitrogens with zero attached hydrogens (tertiary/aromatic N) is 4. The van der Waals surface area contributed by atoms with Gasteiger partial charge < -0.3 is 9.47 Å². The number of aromatic nitrogens is 4. The van der Waals surface area contributed by atoms with Gasteiger partial charge in [0.05, 0.1) is 14.2 Å². The van der Waals surface area contributed by atoms with Crippen molar-refractivity contribution in [3.05, 3.63) is 48.5 Å². The fraction of sp³-hybridized carbons (Fsp3) is 0.111. The van der Waals surface area contributed by atoms with Crippen LogP contribution in [0.1, 0.15) is 0 Å². The summed E-state index contributed by atoms with van der Waals surface area (Å²) in [5.41, 5.74) is 1.93. The Kier molecular flexibility index (Phi) is 4.59. The molecule has 130 valence electrons. The van der Waals surface area contributed by atoms with Crippen LogP contribution in [0.5, 0.6) is 11.5 Å². The van der Waals surface area contributed by atoms with E-state index in [1.54, 1.807) is 14.2 Å². The summed E-state index contributed by atoms with van der Waals surface area (Å²) in [5, 5.41) is 20.2. The van der Waals surface area contributed by atoms with Crippen molar-refractivity contribution in [3.8, 4) is 42.7 Å². The van der Waals surface area contributed by atoms with Crippen LogP contribution in [-0.2, 0) is 0 Å². The van der Waals surface area contributed by atoms with Crippen LogP contribution < -0.4 is 9.47 Å². The number of rotatable bonds is 5. The van der Waals surface area contributed by atoms with Gasteiger partial charge in [0, 0.05) is 11.1 Å². The summed E-state index contributed by atoms with van der Waals surface area (Å²) in [6.07, 6.45) is 0. The van der Waals surface area contributed by atoms with Crippen molar-refractivity contribution in [2.45, 2.75) is 0 Å². The largest absolute Gasteiger partial charge is 0.497 e. The Morgan fingerprint density at radius 2 is 1.04 bits per heavy atom. The summed E-state index contributed by atoms with van der Waals surface area (Å²) < 4.78 is 10.5. The molecule has 0 aliphatic rings. The van der Waals surface area contributed by atoms with Gasteiger partial charge in [0.15, 0.2) is 10.0 Å². The minimum absolute atomic E-state index is 0.745. The number of hydrogen-bond acceptors (Lipinski definition) is 8. The lowest BCUT2D eigenvalue weighted by atomic mass is 10.2. The van der Waals surface area contributed by atoms with Crippen LogP contribution in [0.2, 0.25) is 0 Å². The molecule has 2 heterocycles. The average molecular weight is 382 g/mol. The molecule has 0 unspecified atom stereocenters. The van der Waals surface area contributed by atoms with E-state index in [9.17, 15) is 0 Å². The van der Waals surface area contributed by atoms with Crippen molar-refractivity contribution < 1.29 is 9.47 Å². The maximum atomic E-state index is 5.26. The molecular weight excluding hydrogens is 368 g/mol. The van der Waals surface area contributed by atoms with Crippen LogP contribution in [0.4, 0.5) is 0 Å². The lowest BCUT2D eigenvalue weighted by Gasteiger charge is -2.00. The predicted octanol–water partition coefficient (Wildman–Crippen LogP) is 4.41. The molecule has 26 heavy (non-hydrogen) atoms. The fourth-order valence-corrected chi connectivity index (χ4v) is 4.05. The highest BCUT2D eigenvalue weighted by Crippen LogP contribution is 2.35. The third-order valence-electron chi connectivity index (χ3n) is 3.67. The summed E-state index contributed by atoms with van der Waals surface area (Å²) in [6.45, 7) is 0. The molecule has 8 heteroatoms. The third-order valence-corrected chi connectivity index (χ3v) is 5.75. The van der Waals surface area contributed by atoms with Gasteiger partial charge in [0.1, 0.15) is 21.5 Å². The monoisotopic (exact) mass is 382 g/mol. The van der Waals surface area contributed by atoms with Crippen LogP contribution in [0.25, 0.3) is 31.2 Å². The number of methoxy groups -OCH3 is 2. The molecular formula is C18H14N4O2S2. The Labute approximate surface area is 158 Å². The number of ether oxygens (including phenoxy) is 2. The molecule has 0 saturated heterocycles. The van der Waals surface area contributed by atoms with Crippen molar-refractivity contribution in [2.75, 3.05) is 14.2 Å². The first kappa shape index (κ1) is 16.6. The van der Waals surface area contributed by atoms with Crippen LogP contribution in [-0.4, -0.2) is 34.6 Å². The highest BCUT2D eigenvalue weighted by atomic mass is 32.1. The Balaban J connectivity index is 1.63. The maximum Gasteiger partial charge on any atom is 0.178 e. The van der Waals surface area contributed by atoms with Crippen LogP contribution in [0.15, 0.2) is 48.5 Å². The first-order chi connectivity index (χ1) is 12.8. The molecule has 0 saturated carbocycles. The molecule has 0 N–H and O–H groups in total. The van der Waals surface area contributed by atoms with Crippen molar-refractivity contribution in [1.29, 1.82) is 0 Å². The van der Waals surface area contributed by atoms with E-state index >= 15 is 0 Å². The molecule has 0 amide bonds. The zero-order valence-electron chi connectivity index (χ0n) is 14.0. The minimum Gasteiger partial charge on any atom is -0.497 e. The van der Waals surface area contributed by atoms with Crippen molar-refractivity contribution in [3.63, 3.8) is 0 Å². The molecule has 0 atom stereocenters. The van der Waals surface area contributed by atoms with Gasteiger partial charge >= 0.3 is 0 Å². The van der Waals surface area contributed by atoms with E-state index < -0.39 is 0 Å². The highest BCUT2D eigenvalue weighted by Gasteiger charge is 2.15. The highest BCUT2D eigenvalue weighted by molar-refractivity contribution is 7.24. The van der Waals surface area contributed by atoms with E-state index in [0.717, 1.165) is 42.7 Å². The molecule has 6 nitrogen and oxygen atoms in total. The van der Waals surface area contributed by atoms with Gasteiger partial charge in [-0.2, -0.15) is 0 Å². The minimum atomic E-state index is 0.745. The summed E-state index contributed by atoms with van der Waals surface area (Å²) in [4.78, 5) is 0. The van der Waals surface area contributed by atoms with Crippen LogP contribution >= 0.6 is 22.7 Å².